The van der Waals surface area contributed by atoms with Crippen LogP contribution in [0.4, 0.5) is 0 Å². The van der Waals surface area contributed by atoms with Crippen LogP contribution in [0.25, 0.3) is 0 Å². The zero-order valence-corrected chi connectivity index (χ0v) is 12.6. The molecule has 1 aromatic rings. The summed E-state index contributed by atoms with van der Waals surface area (Å²) in [4.78, 5) is 12.3. The topological polar surface area (TPSA) is 50.4 Å². The Morgan fingerprint density at radius 3 is 3.14 bits per heavy atom. The van der Waals surface area contributed by atoms with Gasteiger partial charge in [0.15, 0.2) is 0 Å². The number of hydrogen-bond donors (Lipinski definition) is 2. The van der Waals surface area contributed by atoms with Crippen LogP contribution in [0.2, 0.25) is 0 Å². The average molecular weight is 288 g/mol. The second kappa shape index (κ2) is 6.48. The van der Waals surface area contributed by atoms with Crippen molar-refractivity contribution in [2.75, 3.05) is 19.7 Å². The van der Waals surface area contributed by atoms with Gasteiger partial charge in [-0.15, -0.1) is 0 Å². The number of fused-ring (bicyclic) bond motifs is 1. The SMILES string of the molecule is CC1CCCNC1CNC(=O)C1COc2ccccc2C1. The molecular weight excluding hydrogens is 264 g/mol. The number of amides is 1. The molecular formula is C17H24N2O2. The van der Waals surface area contributed by atoms with Crippen molar-refractivity contribution < 1.29 is 9.53 Å². The minimum atomic E-state index is -0.0706. The number of rotatable bonds is 3. The van der Waals surface area contributed by atoms with Crippen molar-refractivity contribution in [2.45, 2.75) is 32.2 Å². The number of ether oxygens (including phenoxy) is 1. The lowest BCUT2D eigenvalue weighted by atomic mass is 9.92. The van der Waals surface area contributed by atoms with Gasteiger partial charge in [-0.25, -0.2) is 0 Å². The number of carbonyl (C=O) groups excluding carboxylic acids is 1. The summed E-state index contributed by atoms with van der Waals surface area (Å²) in [5.41, 5.74) is 1.13. The molecule has 3 atom stereocenters. The molecule has 114 valence electrons. The van der Waals surface area contributed by atoms with E-state index in [2.05, 4.69) is 17.6 Å². The van der Waals surface area contributed by atoms with Crippen LogP contribution in [0, 0.1) is 11.8 Å². The summed E-state index contributed by atoms with van der Waals surface area (Å²) in [6.45, 7) is 4.52. The largest absolute Gasteiger partial charge is 0.492 e. The highest BCUT2D eigenvalue weighted by Gasteiger charge is 2.27. The Balaban J connectivity index is 1.52. The van der Waals surface area contributed by atoms with E-state index in [4.69, 9.17) is 4.74 Å². The Labute approximate surface area is 126 Å². The first-order valence-electron chi connectivity index (χ1n) is 7.96. The lowest BCUT2D eigenvalue weighted by molar-refractivity contribution is -0.126. The first kappa shape index (κ1) is 14.4. The maximum absolute atomic E-state index is 12.3. The Kier molecular flexibility index (Phi) is 4.44. The summed E-state index contributed by atoms with van der Waals surface area (Å²) in [6.07, 6.45) is 3.25. The third kappa shape index (κ3) is 3.38. The van der Waals surface area contributed by atoms with Crippen molar-refractivity contribution in [3.05, 3.63) is 29.8 Å². The third-order valence-corrected chi connectivity index (χ3v) is 4.68. The summed E-state index contributed by atoms with van der Waals surface area (Å²) in [5, 5.41) is 6.60. The van der Waals surface area contributed by atoms with E-state index in [0.717, 1.165) is 30.8 Å². The van der Waals surface area contributed by atoms with Crippen LogP contribution in [-0.4, -0.2) is 31.6 Å². The van der Waals surface area contributed by atoms with Gasteiger partial charge in [-0.3, -0.25) is 4.79 Å². The molecule has 2 heterocycles. The van der Waals surface area contributed by atoms with E-state index in [1.165, 1.54) is 12.8 Å². The molecule has 1 fully saturated rings. The minimum Gasteiger partial charge on any atom is -0.492 e. The monoisotopic (exact) mass is 288 g/mol. The van der Waals surface area contributed by atoms with Gasteiger partial charge in [0.1, 0.15) is 12.4 Å². The summed E-state index contributed by atoms with van der Waals surface area (Å²) in [7, 11) is 0. The molecule has 1 aromatic carbocycles. The van der Waals surface area contributed by atoms with E-state index < -0.39 is 0 Å². The third-order valence-electron chi connectivity index (χ3n) is 4.68. The van der Waals surface area contributed by atoms with E-state index in [9.17, 15) is 4.79 Å². The molecule has 0 radical (unpaired) electrons. The zero-order valence-electron chi connectivity index (χ0n) is 12.6. The van der Waals surface area contributed by atoms with E-state index >= 15 is 0 Å². The van der Waals surface area contributed by atoms with Gasteiger partial charge in [-0.05, 0) is 43.4 Å². The summed E-state index contributed by atoms with van der Waals surface area (Å²) in [5.74, 6) is 1.59. The number of para-hydroxylation sites is 1. The van der Waals surface area contributed by atoms with Gasteiger partial charge in [0.05, 0.1) is 5.92 Å². The Hall–Kier alpha value is -1.55. The summed E-state index contributed by atoms with van der Waals surface area (Å²) < 4.78 is 5.69. The van der Waals surface area contributed by atoms with Crippen LogP contribution >= 0.6 is 0 Å². The lowest BCUT2D eigenvalue weighted by Crippen LogP contribution is -2.49. The van der Waals surface area contributed by atoms with Crippen LogP contribution in [0.1, 0.15) is 25.3 Å². The molecule has 3 rings (SSSR count). The van der Waals surface area contributed by atoms with Gasteiger partial charge in [0.2, 0.25) is 5.91 Å². The number of nitrogens with one attached hydrogen (secondary N) is 2. The van der Waals surface area contributed by atoms with Crippen molar-refractivity contribution >= 4 is 5.91 Å². The molecule has 2 aliphatic rings. The molecule has 2 N–H and O–H groups in total. The molecule has 0 bridgehead atoms. The van der Waals surface area contributed by atoms with Gasteiger partial charge >= 0.3 is 0 Å². The van der Waals surface area contributed by atoms with Crippen LogP contribution < -0.4 is 15.4 Å². The fourth-order valence-electron chi connectivity index (χ4n) is 3.24. The Morgan fingerprint density at radius 1 is 1.43 bits per heavy atom. The van der Waals surface area contributed by atoms with Crippen LogP contribution in [-0.2, 0) is 11.2 Å². The fourth-order valence-corrected chi connectivity index (χ4v) is 3.24. The molecule has 0 aliphatic carbocycles. The summed E-state index contributed by atoms with van der Waals surface area (Å²) in [6, 6.07) is 8.38. The normalized spacial score (nSPS) is 28.3. The number of carbonyl (C=O) groups is 1. The smallest absolute Gasteiger partial charge is 0.226 e. The van der Waals surface area contributed by atoms with Crippen molar-refractivity contribution in [1.82, 2.24) is 10.6 Å². The highest BCUT2D eigenvalue weighted by atomic mass is 16.5. The molecule has 21 heavy (non-hydrogen) atoms. The molecule has 0 spiro atoms. The molecule has 0 aromatic heterocycles. The molecule has 2 aliphatic heterocycles. The number of benzene rings is 1. The molecule has 3 unspecified atom stereocenters. The van der Waals surface area contributed by atoms with Crippen molar-refractivity contribution in [2.24, 2.45) is 11.8 Å². The molecule has 1 saturated heterocycles. The van der Waals surface area contributed by atoms with Crippen LogP contribution in [0.5, 0.6) is 5.75 Å². The highest BCUT2D eigenvalue weighted by Crippen LogP contribution is 2.26. The van der Waals surface area contributed by atoms with E-state index in [1.807, 2.05) is 24.3 Å². The van der Waals surface area contributed by atoms with Crippen molar-refractivity contribution in [3.63, 3.8) is 0 Å². The Bertz CT molecular complexity index is 503. The van der Waals surface area contributed by atoms with Crippen LogP contribution in [0.3, 0.4) is 0 Å². The number of hydrogen-bond acceptors (Lipinski definition) is 3. The van der Waals surface area contributed by atoms with Crippen LogP contribution in [0.15, 0.2) is 24.3 Å². The van der Waals surface area contributed by atoms with Crippen molar-refractivity contribution in [3.8, 4) is 5.75 Å². The minimum absolute atomic E-state index is 0.0706. The maximum atomic E-state index is 12.3. The predicted molar refractivity (Wildman–Crippen MR) is 82.3 cm³/mol. The molecule has 4 nitrogen and oxygen atoms in total. The van der Waals surface area contributed by atoms with Gasteiger partial charge in [-0.1, -0.05) is 25.1 Å². The lowest BCUT2D eigenvalue weighted by Gasteiger charge is -2.31. The van der Waals surface area contributed by atoms with E-state index in [0.29, 0.717) is 18.6 Å². The van der Waals surface area contributed by atoms with Gasteiger partial charge in [0, 0.05) is 12.6 Å². The van der Waals surface area contributed by atoms with Gasteiger partial charge < -0.3 is 15.4 Å². The summed E-state index contributed by atoms with van der Waals surface area (Å²) >= 11 is 0. The predicted octanol–water partition coefficient (Wildman–Crippen LogP) is 1.74. The second-order valence-electron chi connectivity index (χ2n) is 6.25. The number of piperidine rings is 1. The second-order valence-corrected chi connectivity index (χ2v) is 6.25. The van der Waals surface area contributed by atoms with Crippen molar-refractivity contribution in [1.29, 1.82) is 0 Å². The molecule has 0 saturated carbocycles. The maximum Gasteiger partial charge on any atom is 0.226 e. The fraction of sp³-hybridized carbons (Fsp3) is 0.588. The average Bonchev–Trinajstić information content (AvgIpc) is 2.53. The molecule has 1 amide bonds. The standard InChI is InChI=1S/C17H24N2O2/c1-12-5-4-8-18-15(12)10-19-17(20)14-9-13-6-2-3-7-16(13)21-11-14/h2-3,6-7,12,14-15,18H,4-5,8-11H2,1H3,(H,19,20). The van der Waals surface area contributed by atoms with E-state index in [-0.39, 0.29) is 11.8 Å². The quantitative estimate of drug-likeness (QED) is 0.891. The Morgan fingerprint density at radius 2 is 2.29 bits per heavy atom. The first-order chi connectivity index (χ1) is 10.2. The molecule has 4 heteroatoms. The van der Waals surface area contributed by atoms with Gasteiger partial charge in [0.25, 0.3) is 0 Å². The van der Waals surface area contributed by atoms with E-state index in [1.54, 1.807) is 0 Å². The van der Waals surface area contributed by atoms with Gasteiger partial charge in [-0.2, -0.15) is 0 Å². The first-order valence-corrected chi connectivity index (χ1v) is 7.96. The zero-order chi connectivity index (χ0) is 14.7. The highest BCUT2D eigenvalue weighted by molar-refractivity contribution is 5.79.